The van der Waals surface area contributed by atoms with Crippen molar-refractivity contribution in [3.05, 3.63) is 99.7 Å². The van der Waals surface area contributed by atoms with Crippen LogP contribution < -0.4 is 9.47 Å². The van der Waals surface area contributed by atoms with Crippen LogP contribution in [0.1, 0.15) is 34.0 Å². The van der Waals surface area contributed by atoms with Crippen LogP contribution in [0.5, 0.6) is 11.5 Å². The van der Waals surface area contributed by atoms with Crippen molar-refractivity contribution < 1.29 is 23.8 Å². The number of hydrogen-bond acceptors (Lipinski definition) is 6. The van der Waals surface area contributed by atoms with Crippen molar-refractivity contribution >= 4 is 35.5 Å². The van der Waals surface area contributed by atoms with E-state index in [1.165, 1.54) is 0 Å². The van der Waals surface area contributed by atoms with E-state index in [2.05, 4.69) is 4.99 Å². The minimum absolute atomic E-state index is 0.145. The summed E-state index contributed by atoms with van der Waals surface area (Å²) in [6.07, 6.45) is 1.58. The van der Waals surface area contributed by atoms with Crippen LogP contribution in [0.25, 0.3) is 6.08 Å². The highest BCUT2D eigenvalue weighted by Crippen LogP contribution is 2.31. The number of aliphatic imine (C=N–C) groups is 1. The lowest BCUT2D eigenvalue weighted by molar-refractivity contribution is -0.129. The fraction of sp³-hybridized carbons (Fsp3) is 0.115. The van der Waals surface area contributed by atoms with E-state index in [0.717, 1.165) is 5.56 Å². The molecule has 3 aromatic carbocycles. The first-order valence-electron chi connectivity index (χ1n) is 10.3. The molecule has 0 aromatic heterocycles. The second-order valence-electron chi connectivity index (χ2n) is 7.24. The van der Waals surface area contributed by atoms with Gasteiger partial charge in [-0.05, 0) is 74.0 Å². The fourth-order valence-electron chi connectivity index (χ4n) is 3.18. The molecule has 0 atom stereocenters. The Balaban J connectivity index is 1.59. The summed E-state index contributed by atoms with van der Waals surface area (Å²) >= 11 is 5.91. The van der Waals surface area contributed by atoms with Crippen molar-refractivity contribution in [3.63, 3.8) is 0 Å². The zero-order valence-electron chi connectivity index (χ0n) is 18.0. The Morgan fingerprint density at radius 2 is 1.85 bits per heavy atom. The summed E-state index contributed by atoms with van der Waals surface area (Å²) in [4.78, 5) is 29.1. The van der Waals surface area contributed by atoms with Crippen LogP contribution in [0.2, 0.25) is 5.02 Å². The van der Waals surface area contributed by atoms with E-state index >= 15 is 0 Å². The van der Waals surface area contributed by atoms with Crippen molar-refractivity contribution in [1.82, 2.24) is 0 Å². The normalized spacial score (nSPS) is 14.1. The molecule has 0 N–H and O–H groups in total. The number of aryl methyl sites for hydroxylation is 1. The van der Waals surface area contributed by atoms with Crippen molar-refractivity contribution in [3.8, 4) is 11.5 Å². The molecular weight excluding hydrogens is 442 g/mol. The minimum Gasteiger partial charge on any atom is -0.490 e. The largest absolute Gasteiger partial charge is 0.490 e. The Bertz CT molecular complexity index is 1280. The third-order valence-electron chi connectivity index (χ3n) is 4.74. The highest BCUT2D eigenvalue weighted by Gasteiger charge is 2.24. The van der Waals surface area contributed by atoms with Crippen LogP contribution in [0.15, 0.2) is 77.4 Å². The van der Waals surface area contributed by atoms with Crippen LogP contribution >= 0.6 is 11.6 Å². The Hall–Kier alpha value is -3.90. The number of halogens is 1. The quantitative estimate of drug-likeness (QED) is 0.271. The van der Waals surface area contributed by atoms with Crippen LogP contribution in [-0.4, -0.2) is 24.4 Å². The molecule has 0 bridgehead atoms. The van der Waals surface area contributed by atoms with E-state index in [1.54, 1.807) is 66.7 Å². The van der Waals surface area contributed by atoms with E-state index < -0.39 is 11.9 Å². The summed E-state index contributed by atoms with van der Waals surface area (Å²) in [5, 5.41) is 0.575. The van der Waals surface area contributed by atoms with Gasteiger partial charge in [0.05, 0.1) is 12.2 Å². The van der Waals surface area contributed by atoms with Gasteiger partial charge < -0.3 is 14.2 Å². The molecule has 0 saturated carbocycles. The number of benzene rings is 3. The molecule has 33 heavy (non-hydrogen) atoms. The van der Waals surface area contributed by atoms with Crippen LogP contribution in [-0.2, 0) is 9.53 Å². The van der Waals surface area contributed by atoms with Gasteiger partial charge in [-0.3, -0.25) is 0 Å². The first kappa shape index (κ1) is 22.3. The van der Waals surface area contributed by atoms with Gasteiger partial charge in [-0.2, -0.15) is 0 Å². The standard InChI is InChI=1S/C26H20ClNO5/c1-3-31-23-15-17(7-12-22(23)32-25(29)19-6-4-5-16(2)13-19)14-21-26(30)33-24(28-21)18-8-10-20(27)11-9-18/h4-15H,3H2,1-2H3/b21-14+. The number of carbonyl (C=O) groups excluding carboxylic acids is 2. The number of hydrogen-bond donors (Lipinski definition) is 0. The van der Waals surface area contributed by atoms with E-state index in [0.29, 0.717) is 34.1 Å². The van der Waals surface area contributed by atoms with E-state index in [1.807, 2.05) is 19.9 Å². The molecule has 0 spiro atoms. The molecular formula is C26H20ClNO5. The number of cyclic esters (lactones) is 1. The lowest BCUT2D eigenvalue weighted by Gasteiger charge is -2.11. The first-order valence-corrected chi connectivity index (χ1v) is 10.6. The van der Waals surface area contributed by atoms with Gasteiger partial charge in [-0.15, -0.1) is 0 Å². The molecule has 166 valence electrons. The zero-order chi connectivity index (χ0) is 23.4. The molecule has 0 unspecified atom stereocenters. The number of nitrogens with zero attached hydrogens (tertiary/aromatic N) is 1. The first-order chi connectivity index (χ1) is 15.9. The predicted octanol–water partition coefficient (Wildman–Crippen LogP) is 5.61. The number of ether oxygens (including phenoxy) is 3. The Kier molecular flexibility index (Phi) is 6.56. The summed E-state index contributed by atoms with van der Waals surface area (Å²) < 4.78 is 16.5. The van der Waals surface area contributed by atoms with Gasteiger partial charge in [-0.1, -0.05) is 35.4 Å². The molecule has 0 saturated heterocycles. The fourth-order valence-corrected chi connectivity index (χ4v) is 3.31. The molecule has 0 radical (unpaired) electrons. The minimum atomic E-state index is -0.562. The van der Waals surface area contributed by atoms with E-state index in [-0.39, 0.29) is 17.3 Å². The Labute approximate surface area is 196 Å². The maximum Gasteiger partial charge on any atom is 0.363 e. The van der Waals surface area contributed by atoms with E-state index in [4.69, 9.17) is 25.8 Å². The van der Waals surface area contributed by atoms with E-state index in [9.17, 15) is 9.59 Å². The zero-order valence-corrected chi connectivity index (χ0v) is 18.8. The van der Waals surface area contributed by atoms with Crippen molar-refractivity contribution in [1.29, 1.82) is 0 Å². The summed E-state index contributed by atoms with van der Waals surface area (Å²) in [5.74, 6) is -0.183. The van der Waals surface area contributed by atoms with Crippen molar-refractivity contribution in [2.75, 3.05) is 6.61 Å². The monoisotopic (exact) mass is 461 g/mol. The molecule has 4 rings (SSSR count). The predicted molar refractivity (Wildman–Crippen MR) is 126 cm³/mol. The topological polar surface area (TPSA) is 74.2 Å². The maximum absolute atomic E-state index is 12.5. The maximum atomic E-state index is 12.5. The number of esters is 2. The third-order valence-corrected chi connectivity index (χ3v) is 4.99. The van der Waals surface area contributed by atoms with Gasteiger partial charge in [0, 0.05) is 10.6 Å². The summed E-state index contributed by atoms with van der Waals surface area (Å²) in [6.45, 7) is 4.10. The molecule has 0 aliphatic carbocycles. The molecule has 3 aromatic rings. The van der Waals surface area contributed by atoms with Crippen molar-refractivity contribution in [2.45, 2.75) is 13.8 Å². The molecule has 0 fully saturated rings. The SMILES string of the molecule is CCOc1cc(/C=C2/N=C(c3ccc(Cl)cc3)OC2=O)ccc1OC(=O)c1cccc(C)c1. The second kappa shape index (κ2) is 9.71. The molecule has 7 heteroatoms. The van der Waals surface area contributed by atoms with Crippen LogP contribution in [0.3, 0.4) is 0 Å². The van der Waals surface area contributed by atoms with Gasteiger partial charge in [0.2, 0.25) is 5.90 Å². The van der Waals surface area contributed by atoms with Gasteiger partial charge >= 0.3 is 11.9 Å². The van der Waals surface area contributed by atoms with Gasteiger partial charge in [-0.25, -0.2) is 14.6 Å². The molecule has 0 amide bonds. The lowest BCUT2D eigenvalue weighted by Crippen LogP contribution is -2.10. The van der Waals surface area contributed by atoms with Gasteiger partial charge in [0.15, 0.2) is 17.2 Å². The van der Waals surface area contributed by atoms with Crippen LogP contribution in [0, 0.1) is 6.92 Å². The number of rotatable bonds is 6. The number of carbonyl (C=O) groups is 2. The third kappa shape index (κ3) is 5.30. The van der Waals surface area contributed by atoms with Crippen LogP contribution in [0.4, 0.5) is 0 Å². The summed E-state index contributed by atoms with van der Waals surface area (Å²) in [6, 6.07) is 19.0. The summed E-state index contributed by atoms with van der Waals surface area (Å²) in [7, 11) is 0. The smallest absolute Gasteiger partial charge is 0.363 e. The van der Waals surface area contributed by atoms with Crippen molar-refractivity contribution in [2.24, 2.45) is 4.99 Å². The second-order valence-corrected chi connectivity index (χ2v) is 7.68. The molecule has 1 aliphatic heterocycles. The lowest BCUT2D eigenvalue weighted by atomic mass is 10.1. The molecule has 1 heterocycles. The summed E-state index contributed by atoms with van der Waals surface area (Å²) in [5.41, 5.74) is 2.83. The Morgan fingerprint density at radius 1 is 1.06 bits per heavy atom. The molecule has 6 nitrogen and oxygen atoms in total. The van der Waals surface area contributed by atoms with Gasteiger partial charge in [0.1, 0.15) is 0 Å². The average Bonchev–Trinajstić information content (AvgIpc) is 3.16. The van der Waals surface area contributed by atoms with Gasteiger partial charge in [0.25, 0.3) is 0 Å². The highest BCUT2D eigenvalue weighted by atomic mass is 35.5. The Morgan fingerprint density at radius 3 is 2.58 bits per heavy atom. The highest BCUT2D eigenvalue weighted by molar-refractivity contribution is 6.30. The molecule has 1 aliphatic rings. The average molecular weight is 462 g/mol.